The van der Waals surface area contributed by atoms with Crippen molar-refractivity contribution in [1.82, 2.24) is 10.6 Å². The highest BCUT2D eigenvalue weighted by molar-refractivity contribution is 7.12. The van der Waals surface area contributed by atoms with E-state index in [9.17, 15) is 14.0 Å². The molecule has 21 heavy (non-hydrogen) atoms. The highest BCUT2D eigenvalue weighted by atomic mass is 32.1. The number of carbonyl (C=O) groups is 2. The first-order chi connectivity index (χ1) is 10.2. The Morgan fingerprint density at radius 1 is 1.00 bits per heavy atom. The van der Waals surface area contributed by atoms with Gasteiger partial charge in [0.25, 0.3) is 11.8 Å². The number of thiophene rings is 1. The van der Waals surface area contributed by atoms with Crippen LogP contribution in [0.3, 0.4) is 0 Å². The molecule has 0 spiro atoms. The van der Waals surface area contributed by atoms with Gasteiger partial charge in [-0.05, 0) is 42.1 Å². The first-order valence-corrected chi connectivity index (χ1v) is 7.40. The van der Waals surface area contributed by atoms with Gasteiger partial charge in [0.05, 0.1) is 4.88 Å². The van der Waals surface area contributed by atoms with Crippen LogP contribution in [0.15, 0.2) is 41.8 Å². The maximum Gasteiger partial charge on any atom is 0.261 e. The third-order valence-corrected chi connectivity index (χ3v) is 3.64. The van der Waals surface area contributed by atoms with Crippen LogP contribution in [-0.2, 0) is 0 Å². The number of hydrogen-bond acceptors (Lipinski definition) is 3. The van der Waals surface area contributed by atoms with Crippen molar-refractivity contribution < 1.29 is 14.0 Å². The molecule has 0 aliphatic heterocycles. The van der Waals surface area contributed by atoms with Gasteiger partial charge in [0.15, 0.2) is 0 Å². The molecule has 1 aromatic carbocycles. The molecule has 4 nitrogen and oxygen atoms in total. The average molecular weight is 306 g/mol. The molecule has 110 valence electrons. The number of halogens is 1. The number of nitrogens with one attached hydrogen (secondary N) is 2. The molecule has 0 bridgehead atoms. The topological polar surface area (TPSA) is 58.2 Å². The predicted molar refractivity (Wildman–Crippen MR) is 80.0 cm³/mol. The van der Waals surface area contributed by atoms with Crippen LogP contribution in [0.25, 0.3) is 0 Å². The Bertz CT molecular complexity index is 597. The second-order valence-corrected chi connectivity index (χ2v) is 5.30. The van der Waals surface area contributed by atoms with Crippen LogP contribution in [0.4, 0.5) is 4.39 Å². The number of rotatable bonds is 6. The minimum atomic E-state index is -0.372. The van der Waals surface area contributed by atoms with Crippen LogP contribution in [0, 0.1) is 5.82 Å². The van der Waals surface area contributed by atoms with Gasteiger partial charge in [0, 0.05) is 18.7 Å². The molecule has 0 unspecified atom stereocenters. The summed E-state index contributed by atoms with van der Waals surface area (Å²) in [6.45, 7) is 0.932. The molecule has 0 saturated carbocycles. The van der Waals surface area contributed by atoms with Crippen molar-refractivity contribution in [3.8, 4) is 0 Å². The van der Waals surface area contributed by atoms with Gasteiger partial charge in [-0.3, -0.25) is 9.59 Å². The van der Waals surface area contributed by atoms with Gasteiger partial charge in [0.2, 0.25) is 0 Å². The number of hydrogen-bond donors (Lipinski definition) is 2. The SMILES string of the molecule is O=C(NCCCNC(=O)c1cccs1)c1ccc(F)cc1. The first kappa shape index (κ1) is 15.2. The third-order valence-electron chi connectivity index (χ3n) is 2.78. The Labute approximate surface area is 126 Å². The maximum absolute atomic E-state index is 12.7. The lowest BCUT2D eigenvalue weighted by Gasteiger charge is -2.06. The van der Waals surface area contributed by atoms with E-state index >= 15 is 0 Å². The van der Waals surface area contributed by atoms with Crippen LogP contribution in [-0.4, -0.2) is 24.9 Å². The molecule has 0 saturated heterocycles. The van der Waals surface area contributed by atoms with Gasteiger partial charge in [-0.2, -0.15) is 0 Å². The Hall–Kier alpha value is -2.21. The summed E-state index contributed by atoms with van der Waals surface area (Å²) in [5, 5.41) is 7.34. The van der Waals surface area contributed by atoms with E-state index in [1.54, 1.807) is 6.07 Å². The third kappa shape index (κ3) is 4.68. The quantitative estimate of drug-likeness (QED) is 0.805. The maximum atomic E-state index is 12.7. The molecule has 0 aliphatic carbocycles. The van der Waals surface area contributed by atoms with Crippen molar-refractivity contribution in [2.75, 3.05) is 13.1 Å². The van der Waals surface area contributed by atoms with Gasteiger partial charge >= 0.3 is 0 Å². The standard InChI is InChI=1S/C15H15FN2O2S/c16-12-6-4-11(5-7-12)14(19)17-8-2-9-18-15(20)13-3-1-10-21-13/h1,3-7,10H,2,8-9H2,(H,17,19)(H,18,20). The molecule has 6 heteroatoms. The van der Waals surface area contributed by atoms with E-state index in [0.29, 0.717) is 30.0 Å². The molecule has 0 atom stereocenters. The Morgan fingerprint density at radius 3 is 2.29 bits per heavy atom. The summed E-state index contributed by atoms with van der Waals surface area (Å²) in [4.78, 5) is 24.0. The smallest absolute Gasteiger partial charge is 0.261 e. The lowest BCUT2D eigenvalue weighted by atomic mass is 10.2. The summed E-state index contributed by atoms with van der Waals surface area (Å²) in [7, 11) is 0. The van der Waals surface area contributed by atoms with Crippen LogP contribution < -0.4 is 10.6 Å². The second-order valence-electron chi connectivity index (χ2n) is 4.35. The second kappa shape index (κ2) is 7.54. The van der Waals surface area contributed by atoms with E-state index in [1.807, 2.05) is 11.4 Å². The summed E-state index contributed by atoms with van der Waals surface area (Å²) >= 11 is 1.39. The zero-order valence-electron chi connectivity index (χ0n) is 11.3. The molecular formula is C15H15FN2O2S. The summed E-state index contributed by atoms with van der Waals surface area (Å²) in [6, 6.07) is 8.94. The van der Waals surface area contributed by atoms with Crippen molar-refractivity contribution in [2.45, 2.75) is 6.42 Å². The minimum Gasteiger partial charge on any atom is -0.352 e. The zero-order valence-corrected chi connectivity index (χ0v) is 12.1. The lowest BCUT2D eigenvalue weighted by Crippen LogP contribution is -2.29. The first-order valence-electron chi connectivity index (χ1n) is 6.52. The normalized spacial score (nSPS) is 10.1. The molecule has 1 aromatic heterocycles. The fourth-order valence-corrected chi connectivity index (χ4v) is 2.33. The molecule has 0 aliphatic rings. The summed E-state index contributed by atoms with van der Waals surface area (Å²) in [6.07, 6.45) is 0.629. The van der Waals surface area contributed by atoms with Gasteiger partial charge in [0.1, 0.15) is 5.82 Å². The number of amides is 2. The molecule has 2 amide bonds. The largest absolute Gasteiger partial charge is 0.352 e. The molecular weight excluding hydrogens is 291 g/mol. The molecule has 2 aromatic rings. The molecule has 1 heterocycles. The van der Waals surface area contributed by atoms with Crippen LogP contribution in [0.1, 0.15) is 26.5 Å². The Morgan fingerprint density at radius 2 is 1.67 bits per heavy atom. The molecule has 0 radical (unpaired) electrons. The summed E-state index contributed by atoms with van der Waals surface area (Å²) in [5.41, 5.74) is 0.416. The molecule has 2 rings (SSSR count). The van der Waals surface area contributed by atoms with Crippen molar-refractivity contribution in [3.05, 3.63) is 58.0 Å². The van der Waals surface area contributed by atoms with Gasteiger partial charge < -0.3 is 10.6 Å². The van der Waals surface area contributed by atoms with Gasteiger partial charge in [-0.25, -0.2) is 4.39 Å². The summed E-state index contributed by atoms with van der Waals surface area (Å²) in [5.74, 6) is -0.725. The van der Waals surface area contributed by atoms with Gasteiger partial charge in [-0.1, -0.05) is 6.07 Å². The van der Waals surface area contributed by atoms with Crippen molar-refractivity contribution in [3.63, 3.8) is 0 Å². The number of carbonyl (C=O) groups excluding carboxylic acids is 2. The monoisotopic (exact) mass is 306 g/mol. The van der Waals surface area contributed by atoms with E-state index in [-0.39, 0.29) is 17.6 Å². The molecule has 2 N–H and O–H groups in total. The average Bonchev–Trinajstić information content (AvgIpc) is 3.01. The Kier molecular flexibility index (Phi) is 5.45. The van der Waals surface area contributed by atoms with Crippen molar-refractivity contribution >= 4 is 23.2 Å². The van der Waals surface area contributed by atoms with Crippen LogP contribution >= 0.6 is 11.3 Å². The highest BCUT2D eigenvalue weighted by Gasteiger charge is 2.06. The van der Waals surface area contributed by atoms with Crippen LogP contribution in [0.2, 0.25) is 0 Å². The fraction of sp³-hybridized carbons (Fsp3) is 0.200. The van der Waals surface area contributed by atoms with E-state index in [2.05, 4.69) is 10.6 Å². The number of benzene rings is 1. The Balaban J connectivity index is 1.64. The van der Waals surface area contributed by atoms with E-state index < -0.39 is 0 Å². The molecule has 0 fully saturated rings. The van der Waals surface area contributed by atoms with E-state index in [1.165, 1.54) is 35.6 Å². The lowest BCUT2D eigenvalue weighted by molar-refractivity contribution is 0.0953. The predicted octanol–water partition coefficient (Wildman–Crippen LogP) is 2.44. The summed E-state index contributed by atoms with van der Waals surface area (Å²) < 4.78 is 12.7. The van der Waals surface area contributed by atoms with Crippen molar-refractivity contribution in [1.29, 1.82) is 0 Å². The van der Waals surface area contributed by atoms with E-state index in [0.717, 1.165) is 0 Å². The highest BCUT2D eigenvalue weighted by Crippen LogP contribution is 2.07. The fourth-order valence-electron chi connectivity index (χ4n) is 1.69. The minimum absolute atomic E-state index is 0.102. The van der Waals surface area contributed by atoms with Gasteiger partial charge in [-0.15, -0.1) is 11.3 Å². The van der Waals surface area contributed by atoms with Crippen molar-refractivity contribution in [2.24, 2.45) is 0 Å². The van der Waals surface area contributed by atoms with Crippen LogP contribution in [0.5, 0.6) is 0 Å². The zero-order chi connectivity index (χ0) is 15.1. The van der Waals surface area contributed by atoms with E-state index in [4.69, 9.17) is 0 Å².